The van der Waals surface area contributed by atoms with Crippen LogP contribution in [0.25, 0.3) is 22.2 Å². The van der Waals surface area contributed by atoms with Gasteiger partial charge in [-0.15, -0.1) is 13.2 Å². The number of aryl methyl sites for hydroxylation is 2. The molecule has 7 rings (SSSR count). The van der Waals surface area contributed by atoms with Crippen LogP contribution in [-0.4, -0.2) is 92.1 Å². The summed E-state index contributed by atoms with van der Waals surface area (Å²) in [6.45, 7) is 2.90. The Morgan fingerprint density at radius 3 is 2.29 bits per heavy atom. The van der Waals surface area contributed by atoms with Gasteiger partial charge in [-0.1, -0.05) is 38.2 Å². The molecule has 330 valence electrons. The van der Waals surface area contributed by atoms with Gasteiger partial charge in [-0.25, -0.2) is 4.98 Å². The summed E-state index contributed by atoms with van der Waals surface area (Å²) in [7, 11) is 1.68. The van der Waals surface area contributed by atoms with Crippen LogP contribution in [-0.2, 0) is 32.7 Å². The number of benzene rings is 2. The fourth-order valence-corrected chi connectivity index (χ4v) is 8.80. The molecular weight excluding hydrogens is 808 g/mol. The van der Waals surface area contributed by atoms with E-state index in [9.17, 15) is 41.9 Å². The van der Waals surface area contributed by atoms with Crippen molar-refractivity contribution < 1.29 is 41.9 Å². The molecule has 2 fully saturated rings. The minimum absolute atomic E-state index is 0.0446. The fraction of sp³-hybridized carbons (Fsp3) is 0.489. The zero-order valence-corrected chi connectivity index (χ0v) is 35.0. The standard InChI is InChI=1S/C45H52F3N7O7/c1-28-24-31(27-52(2)42(28)59)30-11-14-35-37(25-30)54(22-23-62-45(46,47)48)40(50-35)29-17-20-53(21-18-29)39(57)10-8-6-4-3-5-7-9-19-49-32-12-13-33-34(26-32)44(61)55(43(33)60)36-15-16-38(56)51-41(36)58/h11-14,24-27,29,36,49H,3-10,15-23H2,1-2H3,(H,51,56,58). The summed E-state index contributed by atoms with van der Waals surface area (Å²) in [6.07, 6.45) is 5.69. The molecule has 3 aliphatic heterocycles. The van der Waals surface area contributed by atoms with E-state index in [1.807, 2.05) is 23.1 Å². The Labute approximate surface area is 356 Å². The van der Waals surface area contributed by atoms with E-state index >= 15 is 0 Å². The van der Waals surface area contributed by atoms with E-state index in [1.54, 1.807) is 49.0 Å². The second-order valence-electron chi connectivity index (χ2n) is 16.5. The lowest BCUT2D eigenvalue weighted by atomic mass is 9.95. The lowest BCUT2D eigenvalue weighted by Crippen LogP contribution is -2.54. The Bertz CT molecular complexity index is 2390. The third-order valence-electron chi connectivity index (χ3n) is 12.1. The number of imidazole rings is 1. The van der Waals surface area contributed by atoms with Crippen LogP contribution >= 0.6 is 0 Å². The number of piperidine rings is 2. The number of anilines is 1. The molecule has 0 aliphatic carbocycles. The van der Waals surface area contributed by atoms with Gasteiger partial charge in [-0.05, 0) is 86.6 Å². The quantitative estimate of drug-likeness (QED) is 0.0881. The molecule has 5 heterocycles. The number of aromatic nitrogens is 3. The first-order valence-corrected chi connectivity index (χ1v) is 21.4. The van der Waals surface area contributed by atoms with Gasteiger partial charge in [0.2, 0.25) is 17.7 Å². The number of carbonyl (C=O) groups is 5. The number of nitrogens with zero attached hydrogens (tertiary/aromatic N) is 5. The van der Waals surface area contributed by atoms with Crippen molar-refractivity contribution in [2.45, 2.75) is 109 Å². The first kappa shape index (κ1) is 44.2. The number of ether oxygens (including phenoxy) is 1. The SMILES string of the molecule is Cc1cc(-c2ccc3nc(C4CCN(C(=O)CCCCCCCCCNc5ccc6c(c5)C(=O)N(C5CCC(=O)NC5=O)C6=O)CC4)n(CCOC(F)(F)F)c3c2)cn(C)c1=O. The van der Waals surface area contributed by atoms with Crippen molar-refractivity contribution in [3.05, 3.63) is 81.5 Å². The highest BCUT2D eigenvalue weighted by atomic mass is 19.4. The molecule has 2 N–H and O–H groups in total. The van der Waals surface area contributed by atoms with Crippen molar-refractivity contribution in [1.29, 1.82) is 0 Å². The minimum Gasteiger partial charge on any atom is -0.385 e. The van der Waals surface area contributed by atoms with E-state index in [4.69, 9.17) is 4.98 Å². The van der Waals surface area contributed by atoms with Crippen LogP contribution in [0.4, 0.5) is 18.9 Å². The highest BCUT2D eigenvalue weighted by Gasteiger charge is 2.44. The monoisotopic (exact) mass is 859 g/mol. The zero-order valence-electron chi connectivity index (χ0n) is 35.0. The summed E-state index contributed by atoms with van der Waals surface area (Å²) in [6, 6.07) is 11.4. The van der Waals surface area contributed by atoms with Gasteiger partial charge in [0, 0.05) is 69.4 Å². The number of carbonyl (C=O) groups excluding carboxylic acids is 5. The van der Waals surface area contributed by atoms with E-state index in [1.165, 1.54) is 4.57 Å². The van der Waals surface area contributed by atoms with E-state index in [0.717, 1.165) is 61.0 Å². The van der Waals surface area contributed by atoms with Crippen molar-refractivity contribution >= 4 is 46.3 Å². The van der Waals surface area contributed by atoms with Crippen molar-refractivity contribution in [3.8, 4) is 11.1 Å². The van der Waals surface area contributed by atoms with Crippen molar-refractivity contribution in [2.24, 2.45) is 7.05 Å². The summed E-state index contributed by atoms with van der Waals surface area (Å²) < 4.78 is 46.4. The summed E-state index contributed by atoms with van der Waals surface area (Å²) in [4.78, 5) is 83.0. The maximum absolute atomic E-state index is 13.1. The largest absolute Gasteiger partial charge is 0.522 e. The molecular formula is C45H52F3N7O7. The van der Waals surface area contributed by atoms with Crippen molar-refractivity contribution in [3.63, 3.8) is 0 Å². The highest BCUT2D eigenvalue weighted by Crippen LogP contribution is 2.34. The number of pyridine rings is 1. The lowest BCUT2D eigenvalue weighted by molar-refractivity contribution is -0.325. The second-order valence-corrected chi connectivity index (χ2v) is 16.5. The van der Waals surface area contributed by atoms with Crippen LogP contribution in [0, 0.1) is 6.92 Å². The molecule has 17 heteroatoms. The number of unbranched alkanes of at least 4 members (excludes halogenated alkanes) is 6. The number of imide groups is 2. The number of halogens is 3. The Morgan fingerprint density at radius 1 is 0.871 bits per heavy atom. The minimum atomic E-state index is -4.76. The molecule has 0 spiro atoms. The fourth-order valence-electron chi connectivity index (χ4n) is 8.80. The van der Waals surface area contributed by atoms with Gasteiger partial charge in [0.1, 0.15) is 11.9 Å². The first-order chi connectivity index (χ1) is 29.7. The van der Waals surface area contributed by atoms with Gasteiger partial charge in [0.05, 0.1) is 28.8 Å². The Balaban J connectivity index is 0.817. The number of amides is 5. The van der Waals surface area contributed by atoms with Crippen LogP contribution < -0.4 is 16.2 Å². The molecule has 1 atom stereocenters. The number of hydrogen-bond acceptors (Lipinski definition) is 9. The van der Waals surface area contributed by atoms with Crippen LogP contribution in [0.3, 0.4) is 0 Å². The van der Waals surface area contributed by atoms with Crippen LogP contribution in [0.15, 0.2) is 53.5 Å². The Morgan fingerprint density at radius 2 is 1.58 bits per heavy atom. The molecule has 0 saturated carbocycles. The Kier molecular flexibility index (Phi) is 13.6. The van der Waals surface area contributed by atoms with E-state index in [0.29, 0.717) is 67.0 Å². The van der Waals surface area contributed by atoms with E-state index < -0.39 is 42.6 Å². The van der Waals surface area contributed by atoms with Crippen molar-refractivity contribution in [1.82, 2.24) is 29.2 Å². The molecule has 2 aromatic heterocycles. The molecule has 0 radical (unpaired) electrons. The van der Waals surface area contributed by atoms with Gasteiger partial charge in [-0.2, -0.15) is 0 Å². The molecule has 2 aromatic carbocycles. The number of likely N-dealkylation sites (tertiary alicyclic amines) is 1. The molecule has 5 amide bonds. The smallest absolute Gasteiger partial charge is 0.385 e. The third-order valence-corrected chi connectivity index (χ3v) is 12.1. The molecule has 14 nitrogen and oxygen atoms in total. The number of rotatable bonds is 17. The summed E-state index contributed by atoms with van der Waals surface area (Å²) in [5, 5.41) is 5.52. The predicted molar refractivity (Wildman–Crippen MR) is 224 cm³/mol. The van der Waals surface area contributed by atoms with Crippen molar-refractivity contribution in [2.75, 3.05) is 31.6 Å². The van der Waals surface area contributed by atoms with Crippen LogP contribution in [0.2, 0.25) is 0 Å². The van der Waals surface area contributed by atoms with Gasteiger partial charge in [-0.3, -0.25) is 43.7 Å². The molecule has 2 saturated heterocycles. The first-order valence-electron chi connectivity index (χ1n) is 21.4. The summed E-state index contributed by atoms with van der Waals surface area (Å²) in [5.41, 5.74) is 4.63. The van der Waals surface area contributed by atoms with Gasteiger partial charge in [0.15, 0.2) is 0 Å². The number of alkyl halides is 3. The molecule has 1 unspecified atom stereocenters. The van der Waals surface area contributed by atoms with Gasteiger partial charge in [0.25, 0.3) is 17.4 Å². The molecule has 3 aliphatic rings. The van der Waals surface area contributed by atoms with Crippen LogP contribution in [0.5, 0.6) is 0 Å². The molecule has 0 bridgehead atoms. The second kappa shape index (κ2) is 19.1. The average molecular weight is 860 g/mol. The van der Waals surface area contributed by atoms with E-state index in [-0.39, 0.29) is 47.9 Å². The molecule has 62 heavy (non-hydrogen) atoms. The summed E-state index contributed by atoms with van der Waals surface area (Å²) in [5.74, 6) is -1.37. The lowest BCUT2D eigenvalue weighted by Gasteiger charge is -2.32. The number of nitrogens with one attached hydrogen (secondary N) is 2. The van der Waals surface area contributed by atoms with E-state index in [2.05, 4.69) is 15.4 Å². The average Bonchev–Trinajstić information content (AvgIpc) is 3.72. The van der Waals surface area contributed by atoms with Gasteiger partial charge >= 0.3 is 6.36 Å². The predicted octanol–water partition coefficient (Wildman–Crippen LogP) is 6.59. The number of hydrogen-bond donors (Lipinski definition) is 2. The third kappa shape index (κ3) is 10.1. The normalized spacial score (nSPS) is 17.3. The molecule has 4 aromatic rings. The maximum Gasteiger partial charge on any atom is 0.522 e. The topological polar surface area (TPSA) is 165 Å². The Hall–Kier alpha value is -5.84. The van der Waals surface area contributed by atoms with Gasteiger partial charge < -0.3 is 19.4 Å². The maximum atomic E-state index is 13.1. The zero-order chi connectivity index (χ0) is 44.1. The van der Waals surface area contributed by atoms with Crippen LogP contribution in [0.1, 0.15) is 115 Å². The highest BCUT2D eigenvalue weighted by molar-refractivity contribution is 6.23. The number of fused-ring (bicyclic) bond motifs is 2. The summed E-state index contributed by atoms with van der Waals surface area (Å²) >= 11 is 0.